The summed E-state index contributed by atoms with van der Waals surface area (Å²) in [4.78, 5) is 33.9. The summed E-state index contributed by atoms with van der Waals surface area (Å²) < 4.78 is 0. The van der Waals surface area contributed by atoms with Crippen LogP contribution in [0.3, 0.4) is 0 Å². The largest absolute Gasteiger partial charge is 0.358 e. The topological polar surface area (TPSA) is 78.1 Å². The molecule has 0 spiro atoms. The Morgan fingerprint density at radius 3 is 2.89 bits per heavy atom. The Bertz CT molecular complexity index is 965. The van der Waals surface area contributed by atoms with E-state index < -0.39 is 0 Å². The predicted molar refractivity (Wildman–Crippen MR) is 103 cm³/mol. The Labute approximate surface area is 157 Å². The van der Waals surface area contributed by atoms with Crippen molar-refractivity contribution in [3.8, 4) is 0 Å². The van der Waals surface area contributed by atoms with Gasteiger partial charge in [0.15, 0.2) is 0 Å². The molecule has 0 aliphatic carbocycles. The molecule has 1 aliphatic rings. The zero-order valence-corrected chi connectivity index (χ0v) is 15.1. The lowest BCUT2D eigenvalue weighted by atomic mass is 10.0. The van der Waals surface area contributed by atoms with Crippen molar-refractivity contribution in [3.63, 3.8) is 0 Å². The van der Waals surface area contributed by atoms with Crippen LogP contribution in [0.15, 0.2) is 48.8 Å². The number of hydrogen-bond donors (Lipinski definition) is 2. The van der Waals surface area contributed by atoms with Crippen molar-refractivity contribution in [2.75, 3.05) is 6.54 Å². The zero-order chi connectivity index (χ0) is 18.6. The van der Waals surface area contributed by atoms with Gasteiger partial charge < -0.3 is 15.2 Å². The van der Waals surface area contributed by atoms with E-state index >= 15 is 0 Å². The van der Waals surface area contributed by atoms with Crippen molar-refractivity contribution in [3.05, 3.63) is 65.6 Å². The Hall–Kier alpha value is -3.15. The first-order valence-corrected chi connectivity index (χ1v) is 9.22. The summed E-state index contributed by atoms with van der Waals surface area (Å²) in [5, 5.41) is 4.02. The number of nitrogens with zero attached hydrogens (tertiary/aromatic N) is 2. The maximum atomic E-state index is 12.6. The highest BCUT2D eigenvalue weighted by Gasteiger charge is 2.24. The van der Waals surface area contributed by atoms with Gasteiger partial charge in [0.25, 0.3) is 0 Å². The number of para-hydroxylation sites is 1. The number of aromatic amines is 1. The van der Waals surface area contributed by atoms with E-state index in [1.807, 2.05) is 29.2 Å². The van der Waals surface area contributed by atoms with Crippen LogP contribution in [0.2, 0.25) is 0 Å². The molecule has 27 heavy (non-hydrogen) atoms. The third-order valence-corrected chi connectivity index (χ3v) is 5.01. The zero-order valence-electron chi connectivity index (χ0n) is 15.1. The summed E-state index contributed by atoms with van der Waals surface area (Å²) in [7, 11) is 0. The fourth-order valence-corrected chi connectivity index (χ4v) is 3.55. The number of nitrogens with one attached hydrogen (secondary N) is 2. The second kappa shape index (κ2) is 7.61. The van der Waals surface area contributed by atoms with E-state index in [4.69, 9.17) is 0 Å². The normalized spacial score (nSPS) is 13.4. The van der Waals surface area contributed by atoms with Crippen molar-refractivity contribution in [1.82, 2.24) is 20.2 Å². The number of hydrogen-bond acceptors (Lipinski definition) is 3. The number of amides is 2. The molecule has 2 N–H and O–H groups in total. The van der Waals surface area contributed by atoms with Crippen molar-refractivity contribution >= 4 is 22.7 Å². The summed E-state index contributed by atoms with van der Waals surface area (Å²) >= 11 is 0. The number of pyridine rings is 1. The lowest BCUT2D eigenvalue weighted by Crippen LogP contribution is -2.36. The van der Waals surface area contributed by atoms with E-state index in [0.29, 0.717) is 19.6 Å². The first-order chi connectivity index (χ1) is 13.2. The third kappa shape index (κ3) is 3.84. The van der Waals surface area contributed by atoms with Crippen LogP contribution in [-0.4, -0.2) is 33.2 Å². The molecule has 0 unspecified atom stereocenters. The Kier molecular flexibility index (Phi) is 4.87. The average Bonchev–Trinajstić information content (AvgIpc) is 3.09. The molecule has 2 aromatic heterocycles. The molecule has 0 radical (unpaired) electrons. The minimum atomic E-state index is -0.114. The van der Waals surface area contributed by atoms with Gasteiger partial charge in [-0.1, -0.05) is 24.3 Å². The van der Waals surface area contributed by atoms with E-state index in [9.17, 15) is 9.59 Å². The smallest absolute Gasteiger partial charge is 0.223 e. The molecule has 2 amide bonds. The van der Waals surface area contributed by atoms with Gasteiger partial charge in [-0.25, -0.2) is 0 Å². The van der Waals surface area contributed by atoms with Crippen LogP contribution in [0.25, 0.3) is 10.9 Å². The monoisotopic (exact) mass is 362 g/mol. The van der Waals surface area contributed by atoms with E-state index in [1.54, 1.807) is 12.4 Å². The first kappa shape index (κ1) is 17.3. The Balaban J connectivity index is 1.31. The van der Waals surface area contributed by atoms with Crippen LogP contribution in [0, 0.1) is 0 Å². The molecule has 6 heteroatoms. The molecule has 4 rings (SSSR count). The maximum absolute atomic E-state index is 12.6. The van der Waals surface area contributed by atoms with E-state index in [-0.39, 0.29) is 24.7 Å². The summed E-state index contributed by atoms with van der Waals surface area (Å²) in [6, 6.07) is 11.9. The highest BCUT2D eigenvalue weighted by atomic mass is 16.2. The van der Waals surface area contributed by atoms with Crippen LogP contribution in [-0.2, 0) is 29.1 Å². The van der Waals surface area contributed by atoms with Crippen LogP contribution in [0.1, 0.15) is 29.7 Å². The van der Waals surface area contributed by atoms with Crippen molar-refractivity contribution in [2.24, 2.45) is 0 Å². The van der Waals surface area contributed by atoms with Gasteiger partial charge in [0.1, 0.15) is 0 Å². The molecule has 0 saturated carbocycles. The number of carbonyl (C=O) groups excluding carboxylic acids is 2. The molecular weight excluding hydrogens is 340 g/mol. The SMILES string of the molecule is O=C(CCC(=O)N1CCc2[nH]c3ccccc3c2C1)NCc1cccnc1. The number of fused-ring (bicyclic) bond motifs is 3. The summed E-state index contributed by atoms with van der Waals surface area (Å²) in [6.45, 7) is 1.73. The second-order valence-corrected chi connectivity index (χ2v) is 6.83. The third-order valence-electron chi connectivity index (χ3n) is 5.01. The van der Waals surface area contributed by atoms with Crippen LogP contribution >= 0.6 is 0 Å². The van der Waals surface area contributed by atoms with Crippen molar-refractivity contribution in [1.29, 1.82) is 0 Å². The Morgan fingerprint density at radius 1 is 1.15 bits per heavy atom. The molecule has 0 fully saturated rings. The molecule has 0 bridgehead atoms. The molecule has 138 valence electrons. The molecule has 6 nitrogen and oxygen atoms in total. The lowest BCUT2D eigenvalue weighted by molar-refractivity contribution is -0.134. The van der Waals surface area contributed by atoms with Crippen molar-refractivity contribution < 1.29 is 9.59 Å². The molecule has 1 aromatic carbocycles. The van der Waals surface area contributed by atoms with Gasteiger partial charge in [0.2, 0.25) is 11.8 Å². The minimum Gasteiger partial charge on any atom is -0.358 e. The van der Waals surface area contributed by atoms with Gasteiger partial charge in [-0.3, -0.25) is 14.6 Å². The van der Waals surface area contributed by atoms with Gasteiger partial charge >= 0.3 is 0 Å². The standard InChI is InChI=1S/C21H22N4O2/c26-20(23-13-15-4-3-10-22-12-15)7-8-21(27)25-11-9-19-17(14-25)16-5-1-2-6-18(16)24-19/h1-6,10,12,24H,7-9,11,13-14H2,(H,23,26). The van der Waals surface area contributed by atoms with E-state index in [2.05, 4.69) is 27.4 Å². The number of rotatable bonds is 5. The first-order valence-electron chi connectivity index (χ1n) is 9.22. The van der Waals surface area contributed by atoms with Gasteiger partial charge in [-0.15, -0.1) is 0 Å². The average molecular weight is 362 g/mol. The Morgan fingerprint density at radius 2 is 2.04 bits per heavy atom. The second-order valence-electron chi connectivity index (χ2n) is 6.83. The number of aromatic nitrogens is 2. The van der Waals surface area contributed by atoms with Gasteiger partial charge in [0.05, 0.1) is 0 Å². The quantitative estimate of drug-likeness (QED) is 0.732. The fraction of sp³-hybridized carbons (Fsp3) is 0.286. The summed E-state index contributed by atoms with van der Waals surface area (Å²) in [5.41, 5.74) is 4.48. The van der Waals surface area contributed by atoms with Crippen molar-refractivity contribution in [2.45, 2.75) is 32.4 Å². The van der Waals surface area contributed by atoms with E-state index in [0.717, 1.165) is 17.5 Å². The van der Waals surface area contributed by atoms with E-state index in [1.165, 1.54) is 16.6 Å². The number of benzene rings is 1. The maximum Gasteiger partial charge on any atom is 0.223 e. The van der Waals surface area contributed by atoms with Crippen LogP contribution < -0.4 is 5.32 Å². The van der Waals surface area contributed by atoms with Gasteiger partial charge in [0, 0.05) is 73.5 Å². The number of H-pyrrole nitrogens is 1. The van der Waals surface area contributed by atoms with Crippen LogP contribution in [0.4, 0.5) is 0 Å². The van der Waals surface area contributed by atoms with Gasteiger partial charge in [-0.05, 0) is 17.7 Å². The molecular formula is C21H22N4O2. The molecule has 3 heterocycles. The molecule has 0 atom stereocenters. The summed E-state index contributed by atoms with van der Waals surface area (Å²) in [5.74, 6) is -0.0838. The molecule has 3 aromatic rings. The summed E-state index contributed by atoms with van der Waals surface area (Å²) in [6.07, 6.45) is 4.68. The predicted octanol–water partition coefficient (Wildman–Crippen LogP) is 2.54. The number of carbonyl (C=O) groups is 2. The van der Waals surface area contributed by atoms with Gasteiger partial charge in [-0.2, -0.15) is 0 Å². The highest BCUT2D eigenvalue weighted by Crippen LogP contribution is 2.27. The molecule has 1 aliphatic heterocycles. The fourth-order valence-electron chi connectivity index (χ4n) is 3.55. The molecule has 0 saturated heterocycles. The highest BCUT2D eigenvalue weighted by molar-refractivity contribution is 5.87. The minimum absolute atomic E-state index is 0.0301. The van der Waals surface area contributed by atoms with Crippen LogP contribution in [0.5, 0.6) is 0 Å². The lowest BCUT2D eigenvalue weighted by Gasteiger charge is -2.27.